The summed E-state index contributed by atoms with van der Waals surface area (Å²) in [4.78, 5) is 25.0. The standard InChI is InChI=1S/C12H17N3O3/c1-8-6-10(18-14-8)7-13-12(17)9(2)15-5-3-4-11(15)16/h6,9H,3-5,7H2,1-2H3,(H,13,17)/t9-/m0/s1. The number of nitrogens with one attached hydrogen (secondary N) is 1. The van der Waals surface area contributed by atoms with Crippen molar-refractivity contribution >= 4 is 11.8 Å². The topological polar surface area (TPSA) is 75.4 Å². The van der Waals surface area contributed by atoms with Crippen molar-refractivity contribution in [2.75, 3.05) is 6.54 Å². The molecule has 2 heterocycles. The molecule has 0 saturated carbocycles. The zero-order chi connectivity index (χ0) is 13.1. The third-order valence-electron chi connectivity index (χ3n) is 3.07. The maximum Gasteiger partial charge on any atom is 0.242 e. The zero-order valence-electron chi connectivity index (χ0n) is 10.6. The van der Waals surface area contributed by atoms with Crippen LogP contribution in [0, 0.1) is 6.92 Å². The Morgan fingerprint density at radius 3 is 3.00 bits per heavy atom. The molecule has 1 aliphatic rings. The number of amides is 2. The van der Waals surface area contributed by atoms with Gasteiger partial charge >= 0.3 is 0 Å². The summed E-state index contributed by atoms with van der Waals surface area (Å²) in [6.45, 7) is 4.52. The molecule has 0 bridgehead atoms. The summed E-state index contributed by atoms with van der Waals surface area (Å²) in [7, 11) is 0. The summed E-state index contributed by atoms with van der Waals surface area (Å²) in [6.07, 6.45) is 1.37. The fraction of sp³-hybridized carbons (Fsp3) is 0.583. The van der Waals surface area contributed by atoms with Gasteiger partial charge in [0.15, 0.2) is 5.76 Å². The van der Waals surface area contributed by atoms with Gasteiger partial charge in [0.2, 0.25) is 11.8 Å². The van der Waals surface area contributed by atoms with Crippen LogP contribution in [0.15, 0.2) is 10.6 Å². The Hall–Kier alpha value is -1.85. The first kappa shape index (κ1) is 12.6. The minimum Gasteiger partial charge on any atom is -0.359 e. The number of likely N-dealkylation sites (tertiary alicyclic amines) is 1. The lowest BCUT2D eigenvalue weighted by Gasteiger charge is -2.22. The average Bonchev–Trinajstić information content (AvgIpc) is 2.94. The molecule has 6 nitrogen and oxygen atoms in total. The number of carbonyl (C=O) groups is 2. The molecule has 98 valence electrons. The first-order valence-corrected chi connectivity index (χ1v) is 6.07. The summed E-state index contributed by atoms with van der Waals surface area (Å²) < 4.78 is 5.00. The average molecular weight is 251 g/mol. The van der Waals surface area contributed by atoms with Crippen molar-refractivity contribution < 1.29 is 14.1 Å². The number of aromatic nitrogens is 1. The Kier molecular flexibility index (Phi) is 3.64. The van der Waals surface area contributed by atoms with E-state index in [0.717, 1.165) is 12.1 Å². The normalized spacial score (nSPS) is 17.0. The molecule has 6 heteroatoms. The second kappa shape index (κ2) is 5.20. The summed E-state index contributed by atoms with van der Waals surface area (Å²) in [5, 5.41) is 6.48. The number of nitrogens with zero attached hydrogens (tertiary/aromatic N) is 2. The summed E-state index contributed by atoms with van der Waals surface area (Å²) >= 11 is 0. The molecule has 0 aromatic carbocycles. The van der Waals surface area contributed by atoms with Crippen molar-refractivity contribution in [1.82, 2.24) is 15.4 Å². The van der Waals surface area contributed by atoms with Crippen molar-refractivity contribution in [3.63, 3.8) is 0 Å². The van der Waals surface area contributed by atoms with Gasteiger partial charge in [-0.2, -0.15) is 0 Å². The Morgan fingerprint density at radius 1 is 1.67 bits per heavy atom. The number of carbonyl (C=O) groups excluding carboxylic acids is 2. The van der Waals surface area contributed by atoms with Crippen LogP contribution in [0.1, 0.15) is 31.2 Å². The first-order chi connectivity index (χ1) is 8.58. The molecule has 1 saturated heterocycles. The fourth-order valence-electron chi connectivity index (χ4n) is 2.04. The number of hydrogen-bond donors (Lipinski definition) is 1. The van der Waals surface area contributed by atoms with Crippen molar-refractivity contribution in [2.45, 2.75) is 39.3 Å². The van der Waals surface area contributed by atoms with Gasteiger partial charge in [0.25, 0.3) is 0 Å². The van der Waals surface area contributed by atoms with E-state index in [1.54, 1.807) is 17.9 Å². The molecule has 1 N–H and O–H groups in total. The van der Waals surface area contributed by atoms with Gasteiger partial charge in [-0.15, -0.1) is 0 Å². The predicted molar refractivity (Wildman–Crippen MR) is 63.5 cm³/mol. The number of rotatable bonds is 4. The maximum absolute atomic E-state index is 11.9. The molecule has 2 amide bonds. The van der Waals surface area contributed by atoms with Crippen LogP contribution >= 0.6 is 0 Å². The van der Waals surface area contributed by atoms with E-state index >= 15 is 0 Å². The molecule has 0 spiro atoms. The SMILES string of the molecule is Cc1cc(CNC(=O)[C@H](C)N2CCCC2=O)on1. The van der Waals surface area contributed by atoms with Gasteiger partial charge < -0.3 is 14.7 Å². The van der Waals surface area contributed by atoms with Gasteiger partial charge in [0.05, 0.1) is 12.2 Å². The van der Waals surface area contributed by atoms with Gasteiger partial charge in [0, 0.05) is 19.0 Å². The lowest BCUT2D eigenvalue weighted by molar-refractivity contribution is -0.136. The quantitative estimate of drug-likeness (QED) is 0.850. The van der Waals surface area contributed by atoms with Crippen LogP contribution in [-0.2, 0) is 16.1 Å². The third kappa shape index (κ3) is 2.69. The van der Waals surface area contributed by atoms with Crippen molar-refractivity contribution in [1.29, 1.82) is 0 Å². The van der Waals surface area contributed by atoms with E-state index in [1.807, 2.05) is 6.92 Å². The van der Waals surface area contributed by atoms with Gasteiger partial charge in [-0.3, -0.25) is 9.59 Å². The third-order valence-corrected chi connectivity index (χ3v) is 3.07. The molecule has 18 heavy (non-hydrogen) atoms. The smallest absolute Gasteiger partial charge is 0.242 e. The zero-order valence-corrected chi connectivity index (χ0v) is 10.6. The van der Waals surface area contributed by atoms with Crippen molar-refractivity contribution in [2.24, 2.45) is 0 Å². The molecule has 0 unspecified atom stereocenters. The van der Waals surface area contributed by atoms with Gasteiger partial charge in [-0.05, 0) is 20.3 Å². The Labute approximate surface area is 105 Å². The summed E-state index contributed by atoms with van der Waals surface area (Å²) in [5.41, 5.74) is 0.780. The molecule has 2 rings (SSSR count). The minimum absolute atomic E-state index is 0.0492. The molecular formula is C12H17N3O3. The lowest BCUT2D eigenvalue weighted by atomic mass is 10.2. The Bertz CT molecular complexity index is 455. The molecule has 1 atom stereocenters. The maximum atomic E-state index is 11.9. The van der Waals surface area contributed by atoms with Crippen LogP contribution in [0.2, 0.25) is 0 Å². The second-order valence-corrected chi connectivity index (χ2v) is 4.52. The predicted octanol–water partition coefficient (Wildman–Crippen LogP) is 0.610. The number of hydrogen-bond acceptors (Lipinski definition) is 4. The van der Waals surface area contributed by atoms with Gasteiger partial charge in [0.1, 0.15) is 6.04 Å². The second-order valence-electron chi connectivity index (χ2n) is 4.52. The highest BCUT2D eigenvalue weighted by Gasteiger charge is 2.29. The van der Waals surface area contributed by atoms with Crippen LogP contribution in [0.3, 0.4) is 0 Å². The van der Waals surface area contributed by atoms with E-state index in [2.05, 4.69) is 10.5 Å². The Balaban J connectivity index is 1.86. The van der Waals surface area contributed by atoms with E-state index in [4.69, 9.17) is 4.52 Å². The molecule has 1 fully saturated rings. The van der Waals surface area contributed by atoms with Crippen LogP contribution in [0.5, 0.6) is 0 Å². The van der Waals surface area contributed by atoms with Crippen molar-refractivity contribution in [3.8, 4) is 0 Å². The molecular weight excluding hydrogens is 234 g/mol. The van der Waals surface area contributed by atoms with E-state index < -0.39 is 6.04 Å². The van der Waals surface area contributed by atoms with Gasteiger partial charge in [-0.1, -0.05) is 5.16 Å². The fourth-order valence-corrected chi connectivity index (χ4v) is 2.04. The molecule has 1 aliphatic heterocycles. The van der Waals surface area contributed by atoms with Crippen LogP contribution in [0.25, 0.3) is 0 Å². The highest BCUT2D eigenvalue weighted by molar-refractivity contribution is 5.88. The lowest BCUT2D eigenvalue weighted by Crippen LogP contribution is -2.45. The first-order valence-electron chi connectivity index (χ1n) is 6.07. The molecule has 0 radical (unpaired) electrons. The van der Waals surface area contributed by atoms with E-state index in [0.29, 0.717) is 25.3 Å². The van der Waals surface area contributed by atoms with Crippen LogP contribution < -0.4 is 5.32 Å². The van der Waals surface area contributed by atoms with Crippen LogP contribution in [-0.4, -0.2) is 34.5 Å². The van der Waals surface area contributed by atoms with Crippen LogP contribution in [0.4, 0.5) is 0 Å². The van der Waals surface area contributed by atoms with Crippen molar-refractivity contribution in [3.05, 3.63) is 17.5 Å². The van der Waals surface area contributed by atoms with E-state index in [-0.39, 0.29) is 11.8 Å². The molecule has 1 aromatic heterocycles. The Morgan fingerprint density at radius 2 is 2.44 bits per heavy atom. The monoisotopic (exact) mass is 251 g/mol. The molecule has 1 aromatic rings. The highest BCUT2D eigenvalue weighted by atomic mass is 16.5. The summed E-state index contributed by atoms with van der Waals surface area (Å²) in [6, 6.07) is 1.34. The van der Waals surface area contributed by atoms with E-state index in [9.17, 15) is 9.59 Å². The highest BCUT2D eigenvalue weighted by Crippen LogP contribution is 2.13. The van der Waals surface area contributed by atoms with Gasteiger partial charge in [-0.25, -0.2) is 0 Å². The molecule has 0 aliphatic carbocycles. The largest absolute Gasteiger partial charge is 0.359 e. The minimum atomic E-state index is -0.427. The van der Waals surface area contributed by atoms with E-state index in [1.165, 1.54) is 0 Å². The number of aryl methyl sites for hydroxylation is 1. The summed E-state index contributed by atoms with van der Waals surface area (Å²) in [5.74, 6) is 0.494.